The lowest BCUT2D eigenvalue weighted by molar-refractivity contribution is -0.0262. The van der Waals surface area contributed by atoms with Gasteiger partial charge in [-0.1, -0.05) is 0 Å². The molecule has 2 aromatic heterocycles. The molecule has 5 rings (SSSR count). The molecule has 1 N–H and O–H groups in total. The lowest BCUT2D eigenvalue weighted by Gasteiger charge is -2.29. The Bertz CT molecular complexity index is 1070. The molecular formula is C24H27N3O5. The quantitative estimate of drug-likeness (QED) is 0.604. The van der Waals surface area contributed by atoms with Crippen molar-refractivity contribution in [2.75, 3.05) is 33.5 Å². The predicted octanol–water partition coefficient (Wildman–Crippen LogP) is 3.13. The fourth-order valence-electron chi connectivity index (χ4n) is 3.97. The van der Waals surface area contributed by atoms with Gasteiger partial charge < -0.3 is 29.0 Å². The molecule has 2 aliphatic heterocycles. The van der Waals surface area contributed by atoms with Crippen LogP contribution in [0, 0.1) is 0 Å². The Morgan fingerprint density at radius 3 is 2.81 bits per heavy atom. The summed E-state index contributed by atoms with van der Waals surface area (Å²) in [5, 5.41) is 4.47. The average molecular weight is 437 g/mol. The van der Waals surface area contributed by atoms with Gasteiger partial charge in [0.15, 0.2) is 11.5 Å². The lowest BCUT2D eigenvalue weighted by atomic mass is 10.1. The zero-order chi connectivity index (χ0) is 21.8. The SMILES string of the molecule is COc1ccc2nccc(OC[C@@H]3CC[C@@H](NCc4cc5c(cn4)OCCO5)CO3)c2c1. The molecule has 0 bridgehead atoms. The van der Waals surface area contributed by atoms with E-state index in [1.54, 1.807) is 19.5 Å². The highest BCUT2D eigenvalue weighted by Crippen LogP contribution is 2.30. The number of nitrogens with zero attached hydrogens (tertiary/aromatic N) is 2. The maximum absolute atomic E-state index is 6.10. The third-order valence-corrected chi connectivity index (χ3v) is 5.76. The Morgan fingerprint density at radius 2 is 1.97 bits per heavy atom. The molecule has 2 aliphatic rings. The van der Waals surface area contributed by atoms with Crippen molar-refractivity contribution in [3.8, 4) is 23.0 Å². The number of fused-ring (bicyclic) bond motifs is 2. The van der Waals surface area contributed by atoms with Crippen molar-refractivity contribution >= 4 is 10.9 Å². The molecule has 0 amide bonds. The van der Waals surface area contributed by atoms with Gasteiger partial charge in [-0.25, -0.2) is 0 Å². The van der Waals surface area contributed by atoms with Crippen molar-refractivity contribution in [1.82, 2.24) is 15.3 Å². The van der Waals surface area contributed by atoms with Crippen LogP contribution in [0.3, 0.4) is 0 Å². The summed E-state index contributed by atoms with van der Waals surface area (Å²) in [6.45, 7) is 2.96. The van der Waals surface area contributed by atoms with Crippen LogP contribution in [0.5, 0.6) is 23.0 Å². The highest BCUT2D eigenvalue weighted by atomic mass is 16.6. The van der Waals surface area contributed by atoms with Gasteiger partial charge in [-0.15, -0.1) is 0 Å². The smallest absolute Gasteiger partial charge is 0.179 e. The standard InChI is InChI=1S/C24H27N3O5/c1-28-18-4-5-21-20(11-18)22(6-7-25-21)32-15-19-3-2-16(14-31-19)26-12-17-10-23-24(13-27-17)30-9-8-29-23/h4-7,10-11,13,16,19,26H,2-3,8-9,12,14-15H2,1H3/t16-,19+/m1/s1. The van der Waals surface area contributed by atoms with E-state index < -0.39 is 0 Å². The molecule has 8 heteroatoms. The molecule has 0 aliphatic carbocycles. The zero-order valence-corrected chi connectivity index (χ0v) is 18.1. The molecule has 2 atom stereocenters. The minimum atomic E-state index is 0.0642. The van der Waals surface area contributed by atoms with E-state index in [9.17, 15) is 0 Å². The number of nitrogens with one attached hydrogen (secondary N) is 1. The van der Waals surface area contributed by atoms with Gasteiger partial charge in [0.05, 0.1) is 37.2 Å². The summed E-state index contributed by atoms with van der Waals surface area (Å²) in [5.41, 5.74) is 1.81. The largest absolute Gasteiger partial charge is 0.497 e. The van der Waals surface area contributed by atoms with Gasteiger partial charge in [-0.2, -0.15) is 0 Å². The Morgan fingerprint density at radius 1 is 1.06 bits per heavy atom. The first-order chi connectivity index (χ1) is 15.8. The van der Waals surface area contributed by atoms with Gasteiger partial charge in [-0.05, 0) is 37.1 Å². The zero-order valence-electron chi connectivity index (χ0n) is 18.1. The van der Waals surface area contributed by atoms with E-state index in [1.807, 2.05) is 30.3 Å². The maximum Gasteiger partial charge on any atom is 0.179 e. The second-order valence-corrected chi connectivity index (χ2v) is 7.93. The number of pyridine rings is 2. The Balaban J connectivity index is 1.10. The molecule has 0 spiro atoms. The van der Waals surface area contributed by atoms with E-state index in [2.05, 4.69) is 15.3 Å². The van der Waals surface area contributed by atoms with Gasteiger partial charge >= 0.3 is 0 Å². The maximum atomic E-state index is 6.10. The summed E-state index contributed by atoms with van der Waals surface area (Å²) in [6, 6.07) is 9.89. The molecule has 1 fully saturated rings. The summed E-state index contributed by atoms with van der Waals surface area (Å²) >= 11 is 0. The van der Waals surface area contributed by atoms with Crippen LogP contribution in [0.4, 0.5) is 0 Å². The van der Waals surface area contributed by atoms with Crippen LogP contribution in [-0.2, 0) is 11.3 Å². The van der Waals surface area contributed by atoms with Gasteiger partial charge in [-0.3, -0.25) is 9.97 Å². The van der Waals surface area contributed by atoms with Crippen molar-refractivity contribution < 1.29 is 23.7 Å². The van der Waals surface area contributed by atoms with Crippen LogP contribution >= 0.6 is 0 Å². The molecule has 32 heavy (non-hydrogen) atoms. The fourth-order valence-corrected chi connectivity index (χ4v) is 3.97. The molecule has 4 heterocycles. The lowest BCUT2D eigenvalue weighted by Crippen LogP contribution is -2.41. The molecule has 3 aromatic rings. The molecule has 168 valence electrons. The molecule has 0 unspecified atom stereocenters. The Hall–Kier alpha value is -3.10. The Kier molecular flexibility index (Phi) is 6.22. The second-order valence-electron chi connectivity index (χ2n) is 7.93. The number of ether oxygens (including phenoxy) is 5. The summed E-state index contributed by atoms with van der Waals surface area (Å²) in [4.78, 5) is 8.85. The first kappa shape index (κ1) is 20.8. The number of rotatable bonds is 7. The van der Waals surface area contributed by atoms with E-state index in [4.69, 9.17) is 23.7 Å². The number of hydrogen-bond acceptors (Lipinski definition) is 8. The van der Waals surface area contributed by atoms with E-state index in [-0.39, 0.29) is 12.1 Å². The average Bonchev–Trinajstić information content (AvgIpc) is 2.86. The molecule has 1 saturated heterocycles. The van der Waals surface area contributed by atoms with Crippen LogP contribution in [0.25, 0.3) is 10.9 Å². The highest BCUT2D eigenvalue weighted by molar-refractivity contribution is 5.86. The van der Waals surface area contributed by atoms with Gasteiger partial charge in [0.2, 0.25) is 0 Å². The highest BCUT2D eigenvalue weighted by Gasteiger charge is 2.23. The van der Waals surface area contributed by atoms with E-state index in [1.165, 1.54) is 0 Å². The van der Waals surface area contributed by atoms with Gasteiger partial charge in [0.25, 0.3) is 0 Å². The molecule has 8 nitrogen and oxygen atoms in total. The van der Waals surface area contributed by atoms with Crippen molar-refractivity contribution in [3.05, 3.63) is 48.4 Å². The summed E-state index contributed by atoms with van der Waals surface area (Å²) in [7, 11) is 1.66. The minimum absolute atomic E-state index is 0.0642. The predicted molar refractivity (Wildman–Crippen MR) is 119 cm³/mol. The van der Waals surface area contributed by atoms with E-state index in [0.717, 1.165) is 46.7 Å². The first-order valence-corrected chi connectivity index (χ1v) is 10.9. The molecule has 0 saturated carbocycles. The number of methoxy groups -OCH3 is 1. The third kappa shape index (κ3) is 4.71. The van der Waals surface area contributed by atoms with Gasteiger partial charge in [0.1, 0.15) is 31.3 Å². The Labute approximate surface area is 186 Å². The van der Waals surface area contributed by atoms with Crippen molar-refractivity contribution in [2.24, 2.45) is 0 Å². The fraction of sp³-hybridized carbons (Fsp3) is 0.417. The van der Waals surface area contributed by atoms with Crippen molar-refractivity contribution in [3.63, 3.8) is 0 Å². The summed E-state index contributed by atoms with van der Waals surface area (Å²) in [6.07, 6.45) is 5.50. The molecule has 1 aromatic carbocycles. The number of benzene rings is 1. The van der Waals surface area contributed by atoms with Crippen LogP contribution in [-0.4, -0.2) is 55.7 Å². The van der Waals surface area contributed by atoms with Crippen LogP contribution in [0.2, 0.25) is 0 Å². The van der Waals surface area contributed by atoms with Crippen molar-refractivity contribution in [2.45, 2.75) is 31.5 Å². The number of hydrogen-bond donors (Lipinski definition) is 1. The third-order valence-electron chi connectivity index (χ3n) is 5.76. The minimum Gasteiger partial charge on any atom is -0.497 e. The first-order valence-electron chi connectivity index (χ1n) is 10.9. The van der Waals surface area contributed by atoms with Gasteiger partial charge in [0, 0.05) is 30.2 Å². The topological polar surface area (TPSA) is 84.0 Å². The van der Waals surface area contributed by atoms with Crippen LogP contribution in [0.15, 0.2) is 42.7 Å². The number of aromatic nitrogens is 2. The second kappa shape index (κ2) is 9.58. The van der Waals surface area contributed by atoms with Crippen molar-refractivity contribution in [1.29, 1.82) is 0 Å². The monoisotopic (exact) mass is 437 g/mol. The summed E-state index contributed by atoms with van der Waals surface area (Å²) in [5.74, 6) is 3.05. The molecular weight excluding hydrogens is 410 g/mol. The van der Waals surface area contributed by atoms with E-state index >= 15 is 0 Å². The van der Waals surface area contributed by atoms with Crippen LogP contribution < -0.4 is 24.3 Å². The normalized spacial score (nSPS) is 20.2. The molecule has 0 radical (unpaired) electrons. The summed E-state index contributed by atoms with van der Waals surface area (Å²) < 4.78 is 28.6. The van der Waals surface area contributed by atoms with E-state index in [0.29, 0.717) is 38.7 Å². The van der Waals surface area contributed by atoms with Crippen LogP contribution in [0.1, 0.15) is 18.5 Å².